The average molecular weight is 425 g/mol. The van der Waals surface area contributed by atoms with E-state index in [9.17, 15) is 28.1 Å². The van der Waals surface area contributed by atoms with Crippen molar-refractivity contribution in [2.75, 3.05) is 5.32 Å². The van der Waals surface area contributed by atoms with Crippen LogP contribution in [0.5, 0.6) is 0 Å². The van der Waals surface area contributed by atoms with Crippen LogP contribution in [-0.2, 0) is 6.18 Å². The number of aryl methyl sites for hydroxylation is 1. The third-order valence-electron chi connectivity index (χ3n) is 3.98. The number of aromatic nitrogens is 2. The number of hydrogen-bond donors (Lipinski definition) is 1. The molecule has 0 unspecified atom stereocenters. The Balaban J connectivity index is 2.10. The van der Waals surface area contributed by atoms with Crippen molar-refractivity contribution in [3.63, 3.8) is 0 Å². The smallest absolute Gasteiger partial charge is 0.315 e. The Hall–Kier alpha value is -3.40. The van der Waals surface area contributed by atoms with Gasteiger partial charge in [0.05, 0.1) is 15.6 Å². The summed E-state index contributed by atoms with van der Waals surface area (Å²) in [5.74, 6) is -1.01. The quantitative estimate of drug-likeness (QED) is 0.470. The zero-order valence-electron chi connectivity index (χ0n) is 14.7. The number of nitro benzene ring substituents is 1. The normalized spacial score (nSPS) is 11.3. The van der Waals surface area contributed by atoms with Gasteiger partial charge in [-0.05, 0) is 25.1 Å². The molecule has 3 aromatic rings. The molecule has 29 heavy (non-hydrogen) atoms. The first-order valence-electron chi connectivity index (χ1n) is 8.07. The van der Waals surface area contributed by atoms with E-state index >= 15 is 0 Å². The predicted molar refractivity (Wildman–Crippen MR) is 99.4 cm³/mol. The molecule has 2 aromatic carbocycles. The molecule has 1 heterocycles. The van der Waals surface area contributed by atoms with Gasteiger partial charge in [-0.15, -0.1) is 0 Å². The summed E-state index contributed by atoms with van der Waals surface area (Å²) in [6, 6.07) is 10.7. The lowest BCUT2D eigenvalue weighted by molar-refractivity contribution is -0.384. The van der Waals surface area contributed by atoms with Crippen LogP contribution in [0.4, 0.5) is 24.5 Å². The maximum absolute atomic E-state index is 13.2. The van der Waals surface area contributed by atoms with Gasteiger partial charge in [0, 0.05) is 11.6 Å². The minimum atomic E-state index is -4.81. The number of alkyl halides is 3. The molecule has 0 saturated heterocycles. The first kappa shape index (κ1) is 20.3. The Morgan fingerprint density at radius 1 is 1.21 bits per heavy atom. The Morgan fingerprint density at radius 3 is 2.52 bits per heavy atom. The highest BCUT2D eigenvalue weighted by Gasteiger charge is 2.36. The van der Waals surface area contributed by atoms with Crippen LogP contribution in [0.1, 0.15) is 21.7 Å². The van der Waals surface area contributed by atoms with E-state index in [4.69, 9.17) is 11.6 Å². The molecule has 0 saturated carbocycles. The number of halogens is 4. The number of nitro groups is 1. The number of nitrogens with one attached hydrogen (secondary N) is 1. The number of carbonyl (C=O) groups is 1. The van der Waals surface area contributed by atoms with Gasteiger partial charge in [-0.1, -0.05) is 35.9 Å². The van der Waals surface area contributed by atoms with Gasteiger partial charge in [0.15, 0.2) is 5.69 Å². The van der Waals surface area contributed by atoms with Gasteiger partial charge in [0.25, 0.3) is 11.6 Å². The number of rotatable bonds is 4. The van der Waals surface area contributed by atoms with Crippen molar-refractivity contribution >= 4 is 28.9 Å². The van der Waals surface area contributed by atoms with E-state index in [-0.39, 0.29) is 27.6 Å². The van der Waals surface area contributed by atoms with Gasteiger partial charge in [-0.25, -0.2) is 4.68 Å². The maximum Gasteiger partial charge on any atom is 0.435 e. The summed E-state index contributed by atoms with van der Waals surface area (Å²) < 4.78 is 40.3. The first-order valence-corrected chi connectivity index (χ1v) is 8.45. The van der Waals surface area contributed by atoms with Crippen LogP contribution < -0.4 is 5.32 Å². The highest BCUT2D eigenvalue weighted by molar-refractivity contribution is 6.32. The molecule has 0 aliphatic carbocycles. The number of carbonyl (C=O) groups excluding carboxylic acids is 1. The van der Waals surface area contributed by atoms with Crippen LogP contribution in [0.2, 0.25) is 5.02 Å². The lowest BCUT2D eigenvalue weighted by atomic mass is 10.1. The van der Waals surface area contributed by atoms with Crippen molar-refractivity contribution in [2.45, 2.75) is 13.1 Å². The standard InChI is InChI=1S/C18H12ClF3N4O3/c1-10-5-4-7-12(16(10)26(28)29)23-17(27)14-9-15(18(20,21)22)24-25(14)13-8-3-2-6-11(13)19/h2-9H,1H3,(H,23,27). The Bertz CT molecular complexity index is 1110. The summed E-state index contributed by atoms with van der Waals surface area (Å²) >= 11 is 6.04. The summed E-state index contributed by atoms with van der Waals surface area (Å²) in [5.41, 5.74) is -1.97. The molecule has 150 valence electrons. The van der Waals surface area contributed by atoms with Crippen LogP contribution in [0, 0.1) is 17.0 Å². The van der Waals surface area contributed by atoms with Crippen molar-refractivity contribution in [1.82, 2.24) is 9.78 Å². The van der Waals surface area contributed by atoms with Crippen LogP contribution in [0.3, 0.4) is 0 Å². The molecule has 0 atom stereocenters. The van der Waals surface area contributed by atoms with Gasteiger partial charge in [-0.3, -0.25) is 14.9 Å². The van der Waals surface area contributed by atoms with E-state index in [2.05, 4.69) is 10.4 Å². The molecule has 0 aliphatic heterocycles. The average Bonchev–Trinajstić information content (AvgIpc) is 3.07. The molecule has 1 aromatic heterocycles. The molecule has 1 amide bonds. The predicted octanol–water partition coefficient (Wildman–Crippen LogP) is 5.01. The second kappa shape index (κ2) is 7.55. The summed E-state index contributed by atoms with van der Waals surface area (Å²) in [7, 11) is 0. The van der Waals surface area contributed by atoms with E-state index < -0.39 is 28.4 Å². The minimum absolute atomic E-state index is 0.0496. The highest BCUT2D eigenvalue weighted by Crippen LogP contribution is 2.32. The van der Waals surface area contributed by atoms with E-state index in [1.165, 1.54) is 43.3 Å². The molecule has 0 bridgehead atoms. The third kappa shape index (κ3) is 4.06. The molecule has 1 N–H and O–H groups in total. The fourth-order valence-corrected chi connectivity index (χ4v) is 2.89. The van der Waals surface area contributed by atoms with Gasteiger partial charge >= 0.3 is 6.18 Å². The lowest BCUT2D eigenvalue weighted by Crippen LogP contribution is -2.18. The fraction of sp³-hybridized carbons (Fsp3) is 0.111. The summed E-state index contributed by atoms with van der Waals surface area (Å²) in [4.78, 5) is 23.4. The number of benzene rings is 2. The van der Waals surface area contributed by atoms with Crippen LogP contribution >= 0.6 is 11.6 Å². The Morgan fingerprint density at radius 2 is 1.90 bits per heavy atom. The second-order valence-corrected chi connectivity index (χ2v) is 6.37. The van der Waals surface area contributed by atoms with Crippen molar-refractivity contribution in [1.29, 1.82) is 0 Å². The van der Waals surface area contributed by atoms with Crippen LogP contribution in [-0.4, -0.2) is 20.6 Å². The summed E-state index contributed by atoms with van der Waals surface area (Å²) in [6.07, 6.45) is -4.81. The zero-order valence-corrected chi connectivity index (χ0v) is 15.5. The second-order valence-electron chi connectivity index (χ2n) is 5.96. The van der Waals surface area contributed by atoms with E-state index in [1.54, 1.807) is 6.07 Å². The van der Waals surface area contributed by atoms with Gasteiger partial charge < -0.3 is 5.32 Å². The molecule has 3 rings (SSSR count). The summed E-state index contributed by atoms with van der Waals surface area (Å²) in [5, 5.41) is 17.1. The van der Waals surface area contributed by atoms with E-state index in [0.29, 0.717) is 6.07 Å². The van der Waals surface area contributed by atoms with Gasteiger partial charge in [0.2, 0.25) is 0 Å². The molecule has 11 heteroatoms. The van der Waals surface area contributed by atoms with Crippen LogP contribution in [0.25, 0.3) is 5.69 Å². The molecule has 0 aliphatic rings. The van der Waals surface area contributed by atoms with Crippen molar-refractivity contribution in [3.8, 4) is 5.69 Å². The number of hydrogen-bond acceptors (Lipinski definition) is 4. The Labute approximate surface area is 166 Å². The molecule has 7 nitrogen and oxygen atoms in total. The third-order valence-corrected chi connectivity index (χ3v) is 4.30. The number of para-hydroxylation sites is 2. The summed E-state index contributed by atoms with van der Waals surface area (Å²) in [6.45, 7) is 1.48. The van der Waals surface area contributed by atoms with Crippen LogP contribution in [0.15, 0.2) is 48.5 Å². The molecule has 0 fully saturated rings. The number of anilines is 1. The monoisotopic (exact) mass is 424 g/mol. The fourth-order valence-electron chi connectivity index (χ4n) is 2.68. The van der Waals surface area contributed by atoms with E-state index in [0.717, 1.165) is 4.68 Å². The largest absolute Gasteiger partial charge is 0.435 e. The molecule has 0 spiro atoms. The van der Waals surface area contributed by atoms with Gasteiger partial charge in [0.1, 0.15) is 11.4 Å². The molecular weight excluding hydrogens is 413 g/mol. The minimum Gasteiger partial charge on any atom is -0.315 e. The maximum atomic E-state index is 13.2. The van der Waals surface area contributed by atoms with Crippen molar-refractivity contribution < 1.29 is 22.9 Å². The SMILES string of the molecule is Cc1cccc(NC(=O)c2cc(C(F)(F)F)nn2-c2ccccc2Cl)c1[N+](=O)[O-]. The zero-order chi connectivity index (χ0) is 21.3. The lowest BCUT2D eigenvalue weighted by Gasteiger charge is -2.10. The Kier molecular flexibility index (Phi) is 5.29. The number of nitrogens with zero attached hydrogens (tertiary/aromatic N) is 3. The highest BCUT2D eigenvalue weighted by atomic mass is 35.5. The molecular formula is C18H12ClF3N4O3. The number of amides is 1. The molecule has 0 radical (unpaired) electrons. The van der Waals surface area contributed by atoms with Crippen molar-refractivity contribution in [3.05, 3.63) is 80.6 Å². The van der Waals surface area contributed by atoms with E-state index in [1.807, 2.05) is 0 Å². The first-order chi connectivity index (χ1) is 13.6. The van der Waals surface area contributed by atoms with Crippen molar-refractivity contribution in [2.24, 2.45) is 0 Å². The topological polar surface area (TPSA) is 90.1 Å². The van der Waals surface area contributed by atoms with Gasteiger partial charge in [-0.2, -0.15) is 18.3 Å².